The predicted octanol–water partition coefficient (Wildman–Crippen LogP) is 4.52. The number of sulfonamides is 1. The molecule has 5 nitrogen and oxygen atoms in total. The average molecular weight is 453 g/mol. The third-order valence-electron chi connectivity index (χ3n) is 5.35. The minimum Gasteiger partial charge on any atom is -0.494 e. The van der Waals surface area contributed by atoms with Gasteiger partial charge in [-0.3, -0.25) is 0 Å². The second-order valence-electron chi connectivity index (χ2n) is 8.49. The first-order valence-electron chi connectivity index (χ1n) is 11.0. The van der Waals surface area contributed by atoms with Crippen LogP contribution in [0.5, 0.6) is 5.75 Å². The van der Waals surface area contributed by atoms with Gasteiger partial charge in [0.05, 0.1) is 6.61 Å². The Kier molecular flexibility index (Phi) is 8.00. The molecule has 0 amide bonds. The summed E-state index contributed by atoms with van der Waals surface area (Å²) in [4.78, 5) is 2.20. The molecule has 0 atom stereocenters. The monoisotopic (exact) mass is 452 g/mol. The molecule has 0 aromatic heterocycles. The molecule has 1 aliphatic rings. The number of allylic oxidation sites excluding steroid dienone is 1. The molecule has 0 unspecified atom stereocenters. The van der Waals surface area contributed by atoms with Crippen molar-refractivity contribution in [3.05, 3.63) is 71.6 Å². The molecule has 1 saturated heterocycles. The second kappa shape index (κ2) is 10.7. The number of hydrogen-bond donors (Lipinski definition) is 0. The summed E-state index contributed by atoms with van der Waals surface area (Å²) in [6, 6.07) is 17.7. The van der Waals surface area contributed by atoms with Crippen molar-refractivity contribution in [1.82, 2.24) is 4.31 Å². The van der Waals surface area contributed by atoms with Crippen LogP contribution in [0.2, 0.25) is 0 Å². The van der Waals surface area contributed by atoms with Crippen molar-refractivity contribution in [2.45, 2.75) is 27.2 Å². The van der Waals surface area contributed by atoms with E-state index >= 15 is 0 Å². The van der Waals surface area contributed by atoms with Crippen LogP contribution in [-0.4, -0.2) is 45.5 Å². The van der Waals surface area contributed by atoms with Crippen molar-refractivity contribution >= 4 is 15.7 Å². The first-order valence-corrected chi connectivity index (χ1v) is 12.5. The van der Waals surface area contributed by atoms with Gasteiger partial charge in [0.2, 0.25) is 10.0 Å². The minimum absolute atomic E-state index is 0.334. The SMILES string of the molecule is CCOc1ccc(N2CCN(S(=O)(=O)C=CC(C)(C)CC#Cc3ccccc3)CC2)cc1. The van der Waals surface area contributed by atoms with E-state index in [1.54, 1.807) is 10.4 Å². The molecule has 0 saturated carbocycles. The molecule has 1 aliphatic heterocycles. The number of rotatable bonds is 7. The molecule has 32 heavy (non-hydrogen) atoms. The van der Waals surface area contributed by atoms with E-state index < -0.39 is 10.0 Å². The maximum atomic E-state index is 12.9. The van der Waals surface area contributed by atoms with Crippen molar-refractivity contribution in [2.24, 2.45) is 5.41 Å². The summed E-state index contributed by atoms with van der Waals surface area (Å²) in [6.45, 7) is 8.86. The van der Waals surface area contributed by atoms with E-state index in [1.807, 2.05) is 75.4 Å². The normalized spacial score (nSPS) is 15.4. The molecule has 6 heteroatoms. The predicted molar refractivity (Wildman–Crippen MR) is 131 cm³/mol. The summed E-state index contributed by atoms with van der Waals surface area (Å²) in [7, 11) is -3.46. The standard InChI is InChI=1S/C26H32N2O3S/c1-4-31-25-14-12-24(13-15-25)27-18-20-28(21-19-27)32(29,30)22-17-26(2,3)16-8-11-23-9-6-5-7-10-23/h5-7,9-10,12-15,17,22H,4,16,18-21H2,1-3H3. The van der Waals surface area contributed by atoms with Crippen LogP contribution in [0.1, 0.15) is 32.8 Å². The molecule has 1 fully saturated rings. The zero-order valence-corrected chi connectivity index (χ0v) is 19.9. The summed E-state index contributed by atoms with van der Waals surface area (Å²) < 4.78 is 32.8. The third kappa shape index (κ3) is 6.88. The Labute approximate surface area is 192 Å². The van der Waals surface area contributed by atoms with Crippen molar-refractivity contribution in [1.29, 1.82) is 0 Å². The molecule has 1 heterocycles. The van der Waals surface area contributed by atoms with E-state index in [9.17, 15) is 8.42 Å². The summed E-state index contributed by atoms with van der Waals surface area (Å²) in [5.41, 5.74) is 1.71. The van der Waals surface area contributed by atoms with Crippen molar-refractivity contribution in [3.63, 3.8) is 0 Å². The molecule has 0 radical (unpaired) electrons. The number of anilines is 1. The molecular formula is C26H32N2O3S. The molecule has 0 aliphatic carbocycles. The van der Waals surface area contributed by atoms with E-state index in [-0.39, 0.29) is 5.41 Å². The van der Waals surface area contributed by atoms with Crippen molar-refractivity contribution < 1.29 is 13.2 Å². The topological polar surface area (TPSA) is 49.9 Å². The lowest BCUT2D eigenvalue weighted by Crippen LogP contribution is -2.48. The lowest BCUT2D eigenvalue weighted by Gasteiger charge is -2.35. The van der Waals surface area contributed by atoms with Gasteiger partial charge in [0.15, 0.2) is 0 Å². The number of piperazine rings is 1. The van der Waals surface area contributed by atoms with Crippen molar-refractivity contribution in [2.75, 3.05) is 37.7 Å². The highest BCUT2D eigenvalue weighted by molar-refractivity contribution is 7.92. The van der Waals surface area contributed by atoms with Gasteiger partial charge < -0.3 is 9.64 Å². The van der Waals surface area contributed by atoms with E-state index in [2.05, 4.69) is 16.7 Å². The molecule has 3 rings (SSSR count). The van der Waals surface area contributed by atoms with Crippen LogP contribution < -0.4 is 9.64 Å². The second-order valence-corrected chi connectivity index (χ2v) is 10.3. The Morgan fingerprint density at radius 1 is 1.00 bits per heavy atom. The van der Waals surface area contributed by atoms with Gasteiger partial charge >= 0.3 is 0 Å². The molecule has 0 spiro atoms. The van der Waals surface area contributed by atoms with E-state index in [1.165, 1.54) is 5.41 Å². The first-order chi connectivity index (χ1) is 15.3. The van der Waals surface area contributed by atoms with E-state index in [0.29, 0.717) is 39.2 Å². The average Bonchev–Trinajstić information content (AvgIpc) is 2.79. The summed E-state index contributed by atoms with van der Waals surface area (Å²) >= 11 is 0. The number of hydrogen-bond acceptors (Lipinski definition) is 4. The third-order valence-corrected chi connectivity index (χ3v) is 6.92. The Bertz CT molecular complexity index is 1060. The fraction of sp³-hybridized carbons (Fsp3) is 0.385. The maximum Gasteiger partial charge on any atom is 0.236 e. The highest BCUT2D eigenvalue weighted by Gasteiger charge is 2.26. The van der Waals surface area contributed by atoms with Crippen LogP contribution >= 0.6 is 0 Å². The van der Waals surface area contributed by atoms with E-state index in [4.69, 9.17) is 4.74 Å². The number of nitrogens with zero attached hydrogens (tertiary/aromatic N) is 2. The molecular weight excluding hydrogens is 420 g/mol. The molecule has 170 valence electrons. The summed E-state index contributed by atoms with van der Waals surface area (Å²) in [5.74, 6) is 7.15. The lowest BCUT2D eigenvalue weighted by atomic mass is 9.90. The summed E-state index contributed by atoms with van der Waals surface area (Å²) in [6.07, 6.45) is 2.35. The largest absolute Gasteiger partial charge is 0.494 e. The van der Waals surface area contributed by atoms with Crippen molar-refractivity contribution in [3.8, 4) is 17.6 Å². The van der Waals surface area contributed by atoms with Crippen LogP contribution in [-0.2, 0) is 10.0 Å². The highest BCUT2D eigenvalue weighted by atomic mass is 32.2. The number of ether oxygens (including phenoxy) is 1. The van der Waals surface area contributed by atoms with E-state index in [0.717, 1.165) is 17.0 Å². The van der Waals surface area contributed by atoms with Gasteiger partial charge in [-0.25, -0.2) is 8.42 Å². The zero-order chi connectivity index (χ0) is 23.0. The molecule has 2 aromatic carbocycles. The fourth-order valence-electron chi connectivity index (χ4n) is 3.43. The number of benzene rings is 2. The van der Waals surface area contributed by atoms with Crippen LogP contribution in [0.15, 0.2) is 66.1 Å². The minimum atomic E-state index is -3.46. The van der Waals surface area contributed by atoms with Gasteiger partial charge in [-0.05, 0) is 48.7 Å². The molecule has 0 bridgehead atoms. The fourth-order valence-corrected chi connectivity index (χ4v) is 4.82. The Hall–Kier alpha value is -2.75. The first kappa shape index (κ1) is 23.9. The Morgan fingerprint density at radius 2 is 1.66 bits per heavy atom. The maximum absolute atomic E-state index is 12.9. The van der Waals surface area contributed by atoms with Gasteiger partial charge in [0.1, 0.15) is 5.75 Å². The Morgan fingerprint density at radius 3 is 2.28 bits per heavy atom. The van der Waals surface area contributed by atoms with Crippen LogP contribution in [0, 0.1) is 17.3 Å². The van der Waals surface area contributed by atoms with Gasteiger partial charge in [-0.2, -0.15) is 4.31 Å². The van der Waals surface area contributed by atoms with Gasteiger partial charge in [0.25, 0.3) is 0 Å². The zero-order valence-electron chi connectivity index (χ0n) is 19.1. The molecule has 0 N–H and O–H groups in total. The van der Waals surface area contributed by atoms with Gasteiger partial charge in [0, 0.05) is 49.3 Å². The van der Waals surface area contributed by atoms with Crippen LogP contribution in [0.4, 0.5) is 5.69 Å². The molecule has 2 aromatic rings. The Balaban J connectivity index is 1.55. The van der Waals surface area contributed by atoms with Gasteiger partial charge in [-0.15, -0.1) is 0 Å². The van der Waals surface area contributed by atoms with Crippen LogP contribution in [0.25, 0.3) is 0 Å². The lowest BCUT2D eigenvalue weighted by molar-refractivity contribution is 0.340. The highest BCUT2D eigenvalue weighted by Crippen LogP contribution is 2.24. The smallest absolute Gasteiger partial charge is 0.236 e. The van der Waals surface area contributed by atoms with Gasteiger partial charge in [-0.1, -0.05) is 50.0 Å². The van der Waals surface area contributed by atoms with Crippen LogP contribution in [0.3, 0.4) is 0 Å². The quantitative estimate of drug-likeness (QED) is 0.580. The summed E-state index contributed by atoms with van der Waals surface area (Å²) in [5, 5.41) is 1.35.